The normalized spacial score (nSPS) is 15.7. The molecule has 1 aromatic rings. The van der Waals surface area contributed by atoms with E-state index in [0.29, 0.717) is 19.1 Å². The molecule has 0 aromatic heterocycles. The van der Waals surface area contributed by atoms with Gasteiger partial charge in [0, 0.05) is 23.5 Å². The predicted molar refractivity (Wildman–Crippen MR) is 87.1 cm³/mol. The molecule has 2 nitrogen and oxygen atoms in total. The van der Waals surface area contributed by atoms with Gasteiger partial charge < -0.3 is 9.62 Å². The number of hydrogen-bond acceptors (Lipinski definition) is 2. The molecule has 0 saturated heterocycles. The Kier molecular flexibility index (Phi) is 3.59. The van der Waals surface area contributed by atoms with Crippen LogP contribution in [0.4, 0.5) is 11.4 Å². The van der Waals surface area contributed by atoms with Crippen LogP contribution in [0.2, 0.25) is 5.31 Å². The molecule has 0 saturated carbocycles. The zero-order chi connectivity index (χ0) is 14.4. The highest BCUT2D eigenvalue weighted by molar-refractivity contribution is 6.73. The van der Waals surface area contributed by atoms with Crippen LogP contribution in [-0.4, -0.2) is 19.1 Å². The lowest BCUT2D eigenvalue weighted by Gasteiger charge is -2.41. The maximum atomic E-state index is 2.58. The lowest BCUT2D eigenvalue weighted by atomic mass is 9.50. The van der Waals surface area contributed by atoms with Gasteiger partial charge in [0.2, 0.25) is 0 Å². The van der Waals surface area contributed by atoms with Crippen LogP contribution in [-0.2, 0) is 0 Å². The van der Waals surface area contributed by atoms with Crippen molar-refractivity contribution in [3.8, 4) is 0 Å². The van der Waals surface area contributed by atoms with Crippen LogP contribution < -0.4 is 9.62 Å². The lowest BCUT2D eigenvalue weighted by molar-refractivity contribution is 0.679. The number of anilines is 2. The summed E-state index contributed by atoms with van der Waals surface area (Å²) in [6.45, 7) is 16.6. The fourth-order valence-electron chi connectivity index (χ4n) is 3.25. The van der Waals surface area contributed by atoms with Crippen molar-refractivity contribution >= 4 is 18.4 Å². The minimum absolute atomic E-state index is 0.216. The van der Waals surface area contributed by atoms with Gasteiger partial charge in [-0.15, -0.1) is 0 Å². The third kappa shape index (κ3) is 2.35. The van der Waals surface area contributed by atoms with Crippen LogP contribution in [0, 0.1) is 0 Å². The van der Waals surface area contributed by atoms with E-state index in [1.54, 1.807) is 0 Å². The van der Waals surface area contributed by atoms with Gasteiger partial charge in [-0.05, 0) is 45.1 Å². The highest BCUT2D eigenvalue weighted by atomic mass is 15.3. The monoisotopic (exact) mass is 258 g/mol. The van der Waals surface area contributed by atoms with Gasteiger partial charge >= 0.3 is 6.98 Å². The van der Waals surface area contributed by atoms with E-state index in [1.165, 1.54) is 11.4 Å². The van der Waals surface area contributed by atoms with E-state index < -0.39 is 0 Å². The van der Waals surface area contributed by atoms with E-state index in [-0.39, 0.29) is 5.31 Å². The van der Waals surface area contributed by atoms with Crippen LogP contribution in [0.15, 0.2) is 24.3 Å². The molecule has 0 unspecified atom stereocenters. The average molecular weight is 258 g/mol. The second-order valence-electron chi connectivity index (χ2n) is 7.23. The molecule has 0 atom stereocenters. The Balaban J connectivity index is 2.59. The van der Waals surface area contributed by atoms with Gasteiger partial charge in [-0.3, -0.25) is 0 Å². The predicted octanol–water partition coefficient (Wildman–Crippen LogP) is 4.42. The molecular weight excluding hydrogens is 231 g/mol. The average Bonchev–Trinajstić information content (AvgIpc) is 2.63. The molecule has 0 bridgehead atoms. The van der Waals surface area contributed by atoms with Gasteiger partial charge in [-0.1, -0.05) is 32.9 Å². The van der Waals surface area contributed by atoms with Crippen LogP contribution in [0.1, 0.15) is 48.5 Å². The molecule has 104 valence electrons. The molecule has 1 heterocycles. The van der Waals surface area contributed by atoms with Gasteiger partial charge in [0.05, 0.1) is 0 Å². The summed E-state index contributed by atoms with van der Waals surface area (Å²) in [4.78, 5) is 5.16. The highest BCUT2D eigenvalue weighted by Crippen LogP contribution is 2.47. The molecule has 0 N–H and O–H groups in total. The molecule has 1 aromatic carbocycles. The van der Waals surface area contributed by atoms with Gasteiger partial charge in [0.1, 0.15) is 0 Å². The lowest BCUT2D eigenvalue weighted by Crippen LogP contribution is -2.58. The van der Waals surface area contributed by atoms with Crippen LogP contribution >= 0.6 is 0 Å². The summed E-state index contributed by atoms with van der Waals surface area (Å²) in [5.74, 6) is 0. The van der Waals surface area contributed by atoms with Crippen molar-refractivity contribution in [1.82, 2.24) is 0 Å². The zero-order valence-electron chi connectivity index (χ0n) is 13.4. The summed E-state index contributed by atoms with van der Waals surface area (Å²) in [6, 6.07) is 9.84. The molecule has 0 spiro atoms. The van der Waals surface area contributed by atoms with E-state index >= 15 is 0 Å². The summed E-state index contributed by atoms with van der Waals surface area (Å²) in [5, 5.41) is 0.216. The summed E-state index contributed by atoms with van der Waals surface area (Å²) in [5.41, 5.74) is 2.76. The topological polar surface area (TPSA) is 6.48 Å². The molecule has 0 radical (unpaired) electrons. The number of benzene rings is 1. The van der Waals surface area contributed by atoms with Gasteiger partial charge in [0.25, 0.3) is 0 Å². The summed E-state index contributed by atoms with van der Waals surface area (Å²) < 4.78 is 0. The number of hydrogen-bond donors (Lipinski definition) is 0. The number of nitrogens with zero attached hydrogens (tertiary/aromatic N) is 2. The van der Waals surface area contributed by atoms with Crippen LogP contribution in [0.3, 0.4) is 0 Å². The van der Waals surface area contributed by atoms with Crippen LogP contribution in [0.25, 0.3) is 0 Å². The van der Waals surface area contributed by atoms with Gasteiger partial charge in [-0.25, -0.2) is 0 Å². The van der Waals surface area contributed by atoms with E-state index in [4.69, 9.17) is 0 Å². The van der Waals surface area contributed by atoms with E-state index in [9.17, 15) is 0 Å². The summed E-state index contributed by atoms with van der Waals surface area (Å²) in [7, 11) is 0. The quantitative estimate of drug-likeness (QED) is 0.724. The molecule has 0 fully saturated rings. The number of fused-ring (bicyclic) bond motifs is 1. The first-order valence-corrected chi connectivity index (χ1v) is 7.41. The smallest absolute Gasteiger partial charge is 0.381 e. The van der Waals surface area contributed by atoms with Gasteiger partial charge in [-0.2, -0.15) is 0 Å². The third-order valence-electron chi connectivity index (χ3n) is 3.85. The first kappa shape index (κ1) is 14.3. The van der Waals surface area contributed by atoms with Crippen molar-refractivity contribution in [3.05, 3.63) is 24.3 Å². The molecule has 2 rings (SSSR count). The van der Waals surface area contributed by atoms with Gasteiger partial charge in [0.15, 0.2) is 0 Å². The first-order chi connectivity index (χ1) is 8.75. The minimum atomic E-state index is 0.216. The Hall–Kier alpha value is -1.12. The largest absolute Gasteiger partial charge is 0.392 e. The maximum absolute atomic E-state index is 2.58. The van der Waals surface area contributed by atoms with Crippen molar-refractivity contribution in [2.24, 2.45) is 0 Å². The fraction of sp³-hybridized carbons (Fsp3) is 0.625. The second-order valence-corrected chi connectivity index (χ2v) is 7.23. The highest BCUT2D eigenvalue weighted by Gasteiger charge is 2.49. The van der Waals surface area contributed by atoms with Crippen molar-refractivity contribution in [2.45, 2.75) is 65.9 Å². The second kappa shape index (κ2) is 4.77. The Morgan fingerprint density at radius 1 is 0.842 bits per heavy atom. The molecule has 19 heavy (non-hydrogen) atoms. The SMILES string of the molecule is CC(C)N1B(C(C)(C)C)N(C(C)C)c2ccccc21. The standard InChI is InChI=1S/C16H27BN2/c1-12(2)18-14-10-8-9-11-15(14)19(13(3)4)17(18)16(5,6)7/h8-13H,1-7H3. The molecule has 3 heteroatoms. The van der Waals surface area contributed by atoms with Crippen LogP contribution in [0.5, 0.6) is 0 Å². The first-order valence-electron chi connectivity index (χ1n) is 7.41. The Bertz CT molecular complexity index is 413. The molecule has 0 amide bonds. The van der Waals surface area contributed by atoms with E-state index in [0.717, 1.165) is 0 Å². The molecule has 1 aliphatic rings. The van der Waals surface area contributed by atoms with Crippen molar-refractivity contribution in [3.63, 3.8) is 0 Å². The van der Waals surface area contributed by atoms with Crippen molar-refractivity contribution < 1.29 is 0 Å². The van der Waals surface area contributed by atoms with Crippen molar-refractivity contribution in [1.29, 1.82) is 0 Å². The Labute approximate surface area is 118 Å². The molecule has 1 aliphatic heterocycles. The Morgan fingerprint density at radius 2 is 1.21 bits per heavy atom. The summed E-state index contributed by atoms with van der Waals surface area (Å²) >= 11 is 0. The Morgan fingerprint density at radius 3 is 1.47 bits per heavy atom. The van der Waals surface area contributed by atoms with Crippen molar-refractivity contribution in [2.75, 3.05) is 9.62 Å². The third-order valence-corrected chi connectivity index (χ3v) is 3.85. The molecule has 0 aliphatic carbocycles. The fourth-order valence-corrected chi connectivity index (χ4v) is 3.25. The number of para-hydroxylation sites is 2. The number of rotatable bonds is 2. The van der Waals surface area contributed by atoms with E-state index in [1.807, 2.05) is 0 Å². The van der Waals surface area contributed by atoms with E-state index in [2.05, 4.69) is 82.4 Å². The minimum Gasteiger partial charge on any atom is -0.392 e. The summed E-state index contributed by atoms with van der Waals surface area (Å²) in [6.07, 6.45) is 0. The molecular formula is C16H27BN2. The zero-order valence-corrected chi connectivity index (χ0v) is 13.4. The maximum Gasteiger partial charge on any atom is 0.381 e.